The summed E-state index contributed by atoms with van der Waals surface area (Å²) >= 11 is 0. The molecule has 1 heterocycles. The van der Waals surface area contributed by atoms with Gasteiger partial charge >= 0.3 is 0 Å². The monoisotopic (exact) mass is 371 g/mol. The molecule has 0 saturated heterocycles. The van der Waals surface area contributed by atoms with E-state index in [2.05, 4.69) is 0 Å². The van der Waals surface area contributed by atoms with E-state index in [0.29, 0.717) is 23.8 Å². The second-order valence-corrected chi connectivity index (χ2v) is 6.53. The molecule has 1 aliphatic rings. The van der Waals surface area contributed by atoms with Gasteiger partial charge in [0.1, 0.15) is 23.4 Å². The lowest BCUT2D eigenvalue weighted by Crippen LogP contribution is -2.38. The molecule has 6 heteroatoms. The number of phenols is 1. The highest BCUT2D eigenvalue weighted by Gasteiger charge is 2.32. The Morgan fingerprint density at radius 1 is 0.926 bits per heavy atom. The Balaban J connectivity index is 1.70. The Labute approximate surface area is 153 Å². The van der Waals surface area contributed by atoms with E-state index in [0.717, 1.165) is 17.2 Å². The van der Waals surface area contributed by atoms with Gasteiger partial charge in [-0.25, -0.2) is 13.2 Å². The van der Waals surface area contributed by atoms with Crippen LogP contribution in [0.1, 0.15) is 17.2 Å². The van der Waals surface area contributed by atoms with Gasteiger partial charge in [0.2, 0.25) is 0 Å². The van der Waals surface area contributed by atoms with Crippen LogP contribution in [0.25, 0.3) is 11.1 Å². The summed E-state index contributed by atoms with van der Waals surface area (Å²) in [6.07, 6.45) is -0.566. The van der Waals surface area contributed by atoms with Crippen molar-refractivity contribution in [1.82, 2.24) is 0 Å². The molecule has 0 fully saturated rings. The van der Waals surface area contributed by atoms with Gasteiger partial charge in [-0.3, -0.25) is 0 Å². The van der Waals surface area contributed by atoms with Gasteiger partial charge in [0.15, 0.2) is 11.6 Å². The molecule has 0 bridgehead atoms. The molecule has 3 nitrogen and oxygen atoms in total. The number of halogens is 3. The van der Waals surface area contributed by atoms with Gasteiger partial charge in [-0.1, -0.05) is 24.3 Å². The molecule has 2 unspecified atom stereocenters. The lowest BCUT2D eigenvalue weighted by molar-refractivity contribution is 0.148. The minimum absolute atomic E-state index is 0.114. The number of phenolic OH excluding ortho intramolecular Hbond substituents is 1. The quantitative estimate of drug-likeness (QED) is 0.653. The number of fused-ring (bicyclic) bond motifs is 1. The lowest BCUT2D eigenvalue weighted by Gasteiger charge is -2.32. The SMILES string of the molecule is NC1Cc2cc(-c3ccccc3O)ccc2OC1c1cc(F)c(F)cc1F. The van der Waals surface area contributed by atoms with Crippen LogP contribution in [0.2, 0.25) is 0 Å². The van der Waals surface area contributed by atoms with Crippen LogP contribution in [0.5, 0.6) is 11.5 Å². The van der Waals surface area contributed by atoms with E-state index in [9.17, 15) is 18.3 Å². The number of ether oxygens (including phenoxy) is 1. The molecule has 3 aromatic carbocycles. The van der Waals surface area contributed by atoms with Gasteiger partial charge in [0.05, 0.1) is 6.04 Å². The first-order valence-corrected chi connectivity index (χ1v) is 8.42. The van der Waals surface area contributed by atoms with Crippen molar-refractivity contribution < 1.29 is 23.0 Å². The number of nitrogens with two attached hydrogens (primary N) is 1. The highest BCUT2D eigenvalue weighted by atomic mass is 19.2. The fraction of sp³-hybridized carbons (Fsp3) is 0.143. The zero-order valence-electron chi connectivity index (χ0n) is 14.1. The van der Waals surface area contributed by atoms with Gasteiger partial charge in [-0.05, 0) is 41.8 Å². The molecule has 3 aromatic rings. The molecule has 4 rings (SSSR count). The van der Waals surface area contributed by atoms with Crippen LogP contribution in [0, 0.1) is 17.5 Å². The van der Waals surface area contributed by atoms with E-state index in [1.165, 1.54) is 0 Å². The van der Waals surface area contributed by atoms with E-state index >= 15 is 0 Å². The largest absolute Gasteiger partial charge is 0.507 e. The Morgan fingerprint density at radius 2 is 1.67 bits per heavy atom. The summed E-state index contributed by atoms with van der Waals surface area (Å²) in [5.41, 5.74) is 8.29. The predicted octanol–water partition coefficient (Wildman–Crippen LogP) is 4.48. The van der Waals surface area contributed by atoms with Gasteiger partial charge in [0, 0.05) is 17.2 Å². The van der Waals surface area contributed by atoms with Crippen LogP contribution in [0.15, 0.2) is 54.6 Å². The molecular weight excluding hydrogens is 355 g/mol. The molecule has 138 valence electrons. The minimum Gasteiger partial charge on any atom is -0.507 e. The Hall–Kier alpha value is -2.99. The maximum Gasteiger partial charge on any atom is 0.161 e. The Kier molecular flexibility index (Phi) is 4.28. The van der Waals surface area contributed by atoms with E-state index in [1.54, 1.807) is 30.3 Å². The molecule has 0 spiro atoms. The number of hydrogen-bond acceptors (Lipinski definition) is 3. The standard InChI is InChI=1S/C21H16F3NO2/c22-15-10-17(24)16(23)9-14(15)21-18(25)8-12-7-11(5-6-20(12)27-21)13-3-1-2-4-19(13)26/h1-7,9-10,18,21,26H,8,25H2. The van der Waals surface area contributed by atoms with Crippen molar-refractivity contribution in [3.8, 4) is 22.6 Å². The fourth-order valence-corrected chi connectivity index (χ4v) is 3.37. The molecule has 0 aliphatic carbocycles. The summed E-state index contributed by atoms with van der Waals surface area (Å²) in [5.74, 6) is -2.66. The first-order valence-electron chi connectivity index (χ1n) is 8.42. The van der Waals surface area contributed by atoms with Crippen molar-refractivity contribution in [3.63, 3.8) is 0 Å². The summed E-state index contributed by atoms with van der Waals surface area (Å²) < 4.78 is 46.7. The number of hydrogen-bond donors (Lipinski definition) is 2. The van der Waals surface area contributed by atoms with Crippen LogP contribution < -0.4 is 10.5 Å². The maximum atomic E-state index is 14.1. The Bertz CT molecular complexity index is 1020. The highest BCUT2D eigenvalue weighted by molar-refractivity contribution is 5.71. The van der Waals surface area contributed by atoms with E-state index in [-0.39, 0.29) is 11.3 Å². The van der Waals surface area contributed by atoms with E-state index in [4.69, 9.17) is 10.5 Å². The van der Waals surface area contributed by atoms with E-state index < -0.39 is 29.6 Å². The van der Waals surface area contributed by atoms with Crippen molar-refractivity contribution in [2.24, 2.45) is 5.73 Å². The van der Waals surface area contributed by atoms with Crippen LogP contribution in [0.3, 0.4) is 0 Å². The molecule has 27 heavy (non-hydrogen) atoms. The predicted molar refractivity (Wildman–Crippen MR) is 94.9 cm³/mol. The van der Waals surface area contributed by atoms with Crippen molar-refractivity contribution in [2.75, 3.05) is 0 Å². The first-order chi connectivity index (χ1) is 12.9. The molecule has 1 aliphatic heterocycles. The zero-order valence-corrected chi connectivity index (χ0v) is 14.1. The van der Waals surface area contributed by atoms with Gasteiger partial charge in [-0.2, -0.15) is 0 Å². The van der Waals surface area contributed by atoms with Gasteiger partial charge in [0.25, 0.3) is 0 Å². The minimum atomic E-state index is -1.26. The summed E-state index contributed by atoms with van der Waals surface area (Å²) in [6.45, 7) is 0. The third-order valence-electron chi connectivity index (χ3n) is 4.72. The second-order valence-electron chi connectivity index (χ2n) is 6.53. The van der Waals surface area contributed by atoms with Crippen LogP contribution in [-0.4, -0.2) is 11.1 Å². The van der Waals surface area contributed by atoms with Crippen molar-refractivity contribution in [2.45, 2.75) is 18.6 Å². The van der Waals surface area contributed by atoms with Gasteiger partial charge in [-0.15, -0.1) is 0 Å². The third kappa shape index (κ3) is 3.13. The van der Waals surface area contributed by atoms with E-state index in [1.807, 2.05) is 12.1 Å². The smallest absolute Gasteiger partial charge is 0.161 e. The van der Waals surface area contributed by atoms with Crippen molar-refractivity contribution in [3.05, 3.63) is 83.2 Å². The van der Waals surface area contributed by atoms with Crippen LogP contribution in [-0.2, 0) is 6.42 Å². The van der Waals surface area contributed by atoms with Crippen LogP contribution >= 0.6 is 0 Å². The highest BCUT2D eigenvalue weighted by Crippen LogP contribution is 2.39. The number of aromatic hydroxyl groups is 1. The molecule has 3 N–H and O–H groups in total. The normalized spacial score (nSPS) is 18.7. The number of benzene rings is 3. The lowest BCUT2D eigenvalue weighted by atomic mass is 9.91. The van der Waals surface area contributed by atoms with Crippen molar-refractivity contribution >= 4 is 0 Å². The summed E-state index contributed by atoms with van der Waals surface area (Å²) in [4.78, 5) is 0. The summed E-state index contributed by atoms with van der Waals surface area (Å²) in [6, 6.07) is 12.9. The van der Waals surface area contributed by atoms with Crippen LogP contribution in [0.4, 0.5) is 13.2 Å². The maximum absolute atomic E-state index is 14.1. The molecule has 0 radical (unpaired) electrons. The average Bonchev–Trinajstić information content (AvgIpc) is 2.64. The van der Waals surface area contributed by atoms with Gasteiger partial charge < -0.3 is 15.6 Å². The summed E-state index contributed by atoms with van der Waals surface area (Å²) in [5, 5.41) is 10.0. The molecule has 2 atom stereocenters. The van der Waals surface area contributed by atoms with Crippen molar-refractivity contribution in [1.29, 1.82) is 0 Å². The molecule has 0 amide bonds. The first kappa shape index (κ1) is 17.4. The topological polar surface area (TPSA) is 55.5 Å². The molecular formula is C21H16F3NO2. The second kappa shape index (κ2) is 6.63. The molecule has 0 saturated carbocycles. The summed E-state index contributed by atoms with van der Waals surface area (Å²) in [7, 11) is 0. The number of para-hydroxylation sites is 1. The zero-order chi connectivity index (χ0) is 19.1. The third-order valence-corrected chi connectivity index (χ3v) is 4.72. The molecule has 0 aromatic heterocycles. The Morgan fingerprint density at radius 3 is 2.44 bits per heavy atom. The number of rotatable bonds is 2. The fourth-order valence-electron chi connectivity index (χ4n) is 3.37. The average molecular weight is 371 g/mol.